The molecule has 0 radical (unpaired) electrons. The van der Waals surface area contributed by atoms with E-state index in [-0.39, 0.29) is 12.2 Å². The normalized spacial score (nSPS) is 13.9. The van der Waals surface area contributed by atoms with Gasteiger partial charge in [-0.1, -0.05) is 30.3 Å². The average Bonchev–Trinajstić information content (AvgIpc) is 2.68. The van der Waals surface area contributed by atoms with Gasteiger partial charge in [0.1, 0.15) is 0 Å². The van der Waals surface area contributed by atoms with Gasteiger partial charge in [0.25, 0.3) is 5.91 Å². The van der Waals surface area contributed by atoms with Gasteiger partial charge in [-0.3, -0.25) is 14.4 Å². The number of para-hydroxylation sites is 1. The first-order chi connectivity index (χ1) is 13.4. The third-order valence-corrected chi connectivity index (χ3v) is 5.00. The van der Waals surface area contributed by atoms with Crippen LogP contribution in [0.4, 0.5) is 5.69 Å². The molecular formula is C23H25NO4. The van der Waals surface area contributed by atoms with Crippen molar-refractivity contribution < 1.29 is 19.1 Å². The summed E-state index contributed by atoms with van der Waals surface area (Å²) in [6, 6.07) is 12.9. The standard InChI is InChI=1S/C23H25NO4/c1-15(25)20-9-5-6-10-21(20)24-23(27)16(2)28-22(26)14-17-11-12-18-7-3-4-8-19(18)13-17/h5-6,9-13,16H,3-4,7-8,14H2,1-2H3,(H,24,27)/t16-/m0/s1. The Labute approximate surface area is 165 Å². The van der Waals surface area contributed by atoms with Crippen LogP contribution in [-0.4, -0.2) is 23.8 Å². The molecule has 1 atom stereocenters. The maximum atomic E-state index is 12.4. The van der Waals surface area contributed by atoms with E-state index in [1.54, 1.807) is 24.3 Å². The van der Waals surface area contributed by atoms with Gasteiger partial charge in [0.2, 0.25) is 0 Å². The summed E-state index contributed by atoms with van der Waals surface area (Å²) < 4.78 is 5.30. The van der Waals surface area contributed by atoms with E-state index in [1.165, 1.54) is 37.8 Å². The van der Waals surface area contributed by atoms with E-state index in [4.69, 9.17) is 4.74 Å². The molecule has 1 amide bonds. The van der Waals surface area contributed by atoms with Crippen molar-refractivity contribution in [3.63, 3.8) is 0 Å². The molecule has 1 N–H and O–H groups in total. The van der Waals surface area contributed by atoms with Crippen molar-refractivity contribution in [1.82, 2.24) is 0 Å². The van der Waals surface area contributed by atoms with Crippen molar-refractivity contribution in [2.45, 2.75) is 52.1 Å². The molecule has 0 aliphatic heterocycles. The number of hydrogen-bond donors (Lipinski definition) is 1. The molecule has 2 aromatic carbocycles. The van der Waals surface area contributed by atoms with E-state index < -0.39 is 18.0 Å². The number of amides is 1. The number of benzene rings is 2. The Hall–Kier alpha value is -2.95. The van der Waals surface area contributed by atoms with Crippen LogP contribution >= 0.6 is 0 Å². The highest BCUT2D eigenvalue weighted by Gasteiger charge is 2.20. The monoisotopic (exact) mass is 379 g/mol. The highest BCUT2D eigenvalue weighted by atomic mass is 16.5. The maximum absolute atomic E-state index is 12.4. The number of fused-ring (bicyclic) bond motifs is 1. The summed E-state index contributed by atoms with van der Waals surface area (Å²) in [4.78, 5) is 36.3. The lowest BCUT2D eigenvalue weighted by Crippen LogP contribution is -2.31. The van der Waals surface area contributed by atoms with Gasteiger partial charge in [-0.2, -0.15) is 0 Å². The van der Waals surface area contributed by atoms with Crippen LogP contribution in [-0.2, 0) is 33.6 Å². The van der Waals surface area contributed by atoms with Crippen LogP contribution < -0.4 is 5.32 Å². The Kier molecular flexibility index (Phi) is 6.24. The molecule has 0 heterocycles. The highest BCUT2D eigenvalue weighted by molar-refractivity contribution is 6.04. The molecule has 0 unspecified atom stereocenters. The van der Waals surface area contributed by atoms with Gasteiger partial charge < -0.3 is 10.1 Å². The Balaban J connectivity index is 1.58. The lowest BCUT2D eigenvalue weighted by molar-refractivity contribution is -0.152. The number of Topliss-reactive ketones (excluding diaryl/α,β-unsaturated/α-hetero) is 1. The quantitative estimate of drug-likeness (QED) is 0.611. The van der Waals surface area contributed by atoms with Crippen molar-refractivity contribution >= 4 is 23.3 Å². The molecule has 0 saturated heterocycles. The molecule has 3 rings (SSSR count). The molecule has 5 nitrogen and oxygen atoms in total. The van der Waals surface area contributed by atoms with E-state index in [1.807, 2.05) is 6.07 Å². The van der Waals surface area contributed by atoms with Gasteiger partial charge in [0.15, 0.2) is 11.9 Å². The summed E-state index contributed by atoms with van der Waals surface area (Å²) in [6.45, 7) is 2.96. The molecule has 0 spiro atoms. The largest absolute Gasteiger partial charge is 0.452 e. The zero-order chi connectivity index (χ0) is 20.1. The zero-order valence-corrected chi connectivity index (χ0v) is 16.3. The van der Waals surface area contributed by atoms with Gasteiger partial charge in [0.05, 0.1) is 12.1 Å². The van der Waals surface area contributed by atoms with Gasteiger partial charge in [-0.05, 0) is 68.4 Å². The molecule has 28 heavy (non-hydrogen) atoms. The lowest BCUT2D eigenvalue weighted by Gasteiger charge is -2.17. The maximum Gasteiger partial charge on any atom is 0.311 e. The first-order valence-corrected chi connectivity index (χ1v) is 9.65. The number of anilines is 1. The van der Waals surface area contributed by atoms with Crippen LogP contribution in [0, 0.1) is 0 Å². The van der Waals surface area contributed by atoms with Crippen molar-refractivity contribution in [1.29, 1.82) is 0 Å². The molecule has 5 heteroatoms. The second-order valence-corrected chi connectivity index (χ2v) is 7.21. The molecule has 0 bridgehead atoms. The van der Waals surface area contributed by atoms with Gasteiger partial charge in [0, 0.05) is 5.56 Å². The molecule has 0 aromatic heterocycles. The third kappa shape index (κ3) is 4.85. The Morgan fingerprint density at radius 3 is 2.50 bits per heavy atom. The van der Waals surface area contributed by atoms with Crippen LogP contribution in [0.5, 0.6) is 0 Å². The summed E-state index contributed by atoms with van der Waals surface area (Å²) in [5, 5.41) is 2.66. The fourth-order valence-corrected chi connectivity index (χ4v) is 3.49. The third-order valence-electron chi connectivity index (χ3n) is 5.00. The fraction of sp³-hybridized carbons (Fsp3) is 0.348. The van der Waals surface area contributed by atoms with Crippen molar-refractivity contribution in [2.75, 3.05) is 5.32 Å². The van der Waals surface area contributed by atoms with E-state index in [9.17, 15) is 14.4 Å². The summed E-state index contributed by atoms with van der Waals surface area (Å²) in [6.07, 6.45) is 3.72. The van der Waals surface area contributed by atoms with Gasteiger partial charge in [-0.25, -0.2) is 0 Å². The number of carbonyl (C=O) groups excluding carboxylic acids is 3. The molecule has 1 aliphatic rings. The number of esters is 1. The predicted molar refractivity (Wildman–Crippen MR) is 107 cm³/mol. The van der Waals surface area contributed by atoms with E-state index in [2.05, 4.69) is 17.4 Å². The SMILES string of the molecule is CC(=O)c1ccccc1NC(=O)[C@H](C)OC(=O)Cc1ccc2c(c1)CCCC2. The predicted octanol–water partition coefficient (Wildman–Crippen LogP) is 3.88. The van der Waals surface area contributed by atoms with Crippen molar-refractivity contribution in [3.05, 3.63) is 64.7 Å². The molecule has 146 valence electrons. The van der Waals surface area contributed by atoms with Crippen LogP contribution in [0.2, 0.25) is 0 Å². The summed E-state index contributed by atoms with van der Waals surface area (Å²) in [5.41, 5.74) is 4.41. The number of aryl methyl sites for hydroxylation is 2. The van der Waals surface area contributed by atoms with Gasteiger partial charge >= 0.3 is 5.97 Å². The summed E-state index contributed by atoms with van der Waals surface area (Å²) >= 11 is 0. The zero-order valence-electron chi connectivity index (χ0n) is 16.3. The second kappa shape index (κ2) is 8.83. The molecule has 0 saturated carbocycles. The number of hydrogen-bond acceptors (Lipinski definition) is 4. The van der Waals surface area contributed by atoms with Crippen LogP contribution in [0.25, 0.3) is 0 Å². The molecule has 1 aliphatic carbocycles. The summed E-state index contributed by atoms with van der Waals surface area (Å²) in [7, 11) is 0. The van der Waals surface area contributed by atoms with E-state index in [0.717, 1.165) is 18.4 Å². The number of ketones is 1. The molecule has 2 aromatic rings. The lowest BCUT2D eigenvalue weighted by atomic mass is 9.90. The minimum absolute atomic E-state index is 0.134. The van der Waals surface area contributed by atoms with Crippen LogP contribution in [0.3, 0.4) is 0 Å². The average molecular weight is 379 g/mol. The minimum atomic E-state index is -0.954. The topological polar surface area (TPSA) is 72.5 Å². The number of carbonyl (C=O) groups is 3. The van der Waals surface area contributed by atoms with Gasteiger partial charge in [-0.15, -0.1) is 0 Å². The second-order valence-electron chi connectivity index (χ2n) is 7.21. The molecule has 0 fully saturated rings. The fourth-order valence-electron chi connectivity index (χ4n) is 3.49. The van der Waals surface area contributed by atoms with E-state index >= 15 is 0 Å². The smallest absolute Gasteiger partial charge is 0.311 e. The van der Waals surface area contributed by atoms with Crippen LogP contribution in [0.1, 0.15) is 53.7 Å². The van der Waals surface area contributed by atoms with Crippen LogP contribution in [0.15, 0.2) is 42.5 Å². The van der Waals surface area contributed by atoms with Crippen molar-refractivity contribution in [3.8, 4) is 0 Å². The number of nitrogens with one attached hydrogen (secondary N) is 1. The highest BCUT2D eigenvalue weighted by Crippen LogP contribution is 2.22. The first-order valence-electron chi connectivity index (χ1n) is 9.65. The summed E-state index contributed by atoms with van der Waals surface area (Å²) in [5.74, 6) is -1.06. The Bertz CT molecular complexity index is 903. The Morgan fingerprint density at radius 1 is 1.04 bits per heavy atom. The minimum Gasteiger partial charge on any atom is -0.452 e. The Morgan fingerprint density at radius 2 is 1.75 bits per heavy atom. The van der Waals surface area contributed by atoms with Crippen molar-refractivity contribution in [2.24, 2.45) is 0 Å². The number of rotatable bonds is 6. The van der Waals surface area contributed by atoms with E-state index in [0.29, 0.717) is 11.3 Å². The molecular weight excluding hydrogens is 354 g/mol. The number of ether oxygens (including phenoxy) is 1. The first kappa shape index (κ1) is 19.8.